The summed E-state index contributed by atoms with van der Waals surface area (Å²) in [5.74, 6) is -0.0914. The molecule has 0 atom stereocenters. The van der Waals surface area contributed by atoms with Crippen molar-refractivity contribution >= 4 is 28.1 Å². The lowest BCUT2D eigenvalue weighted by Gasteiger charge is -2.30. The molecule has 1 saturated heterocycles. The molecule has 0 saturated carbocycles. The van der Waals surface area contributed by atoms with Crippen LogP contribution in [-0.4, -0.2) is 44.7 Å². The van der Waals surface area contributed by atoms with E-state index in [-0.39, 0.29) is 17.2 Å². The maximum atomic E-state index is 12.9. The summed E-state index contributed by atoms with van der Waals surface area (Å²) in [6.07, 6.45) is 1.43. The lowest BCUT2D eigenvalue weighted by atomic mass is 9.75. The number of Topliss-reactive ketones (excluding diaryl/α,β-unsaturated/α-hetero) is 1. The molecule has 0 N–H and O–H groups in total. The number of morpholine rings is 1. The van der Waals surface area contributed by atoms with Crippen molar-refractivity contribution in [1.29, 1.82) is 0 Å². The highest BCUT2D eigenvalue weighted by molar-refractivity contribution is 7.19. The molecule has 0 radical (unpaired) electrons. The van der Waals surface area contributed by atoms with Crippen molar-refractivity contribution in [1.82, 2.24) is 0 Å². The lowest BCUT2D eigenvalue weighted by Crippen LogP contribution is -2.36. The van der Waals surface area contributed by atoms with Gasteiger partial charge in [0.05, 0.1) is 35.3 Å². The molecule has 1 aromatic carbocycles. The Balaban J connectivity index is 1.86. The zero-order valence-corrected chi connectivity index (χ0v) is 18.1. The third-order valence-electron chi connectivity index (χ3n) is 5.50. The standard InChI is InChI=1S/C23H27NO4S/c1-4-28-22(26)16-7-5-6-15(12-16)19-17-13-23(2,3)14-18(25)20(17)29-21(19)24-8-10-27-11-9-24/h5-7,12H,4,8-11,13-14H2,1-3H3. The fraction of sp³-hybridized carbons (Fsp3) is 0.478. The van der Waals surface area contributed by atoms with Gasteiger partial charge in [-0.05, 0) is 42.0 Å². The molecule has 1 aliphatic carbocycles. The molecule has 2 aliphatic rings. The van der Waals surface area contributed by atoms with Crippen LogP contribution >= 0.6 is 11.3 Å². The van der Waals surface area contributed by atoms with Crippen LogP contribution in [0.2, 0.25) is 0 Å². The fourth-order valence-electron chi connectivity index (χ4n) is 4.20. The van der Waals surface area contributed by atoms with Gasteiger partial charge >= 0.3 is 5.97 Å². The van der Waals surface area contributed by atoms with Crippen molar-refractivity contribution in [2.45, 2.75) is 33.6 Å². The molecule has 2 aromatic rings. The van der Waals surface area contributed by atoms with Gasteiger partial charge in [-0.3, -0.25) is 4.79 Å². The summed E-state index contributed by atoms with van der Waals surface area (Å²) < 4.78 is 10.7. The van der Waals surface area contributed by atoms with Gasteiger partial charge in [-0.15, -0.1) is 11.3 Å². The molecule has 154 valence electrons. The summed E-state index contributed by atoms with van der Waals surface area (Å²) >= 11 is 1.60. The van der Waals surface area contributed by atoms with Gasteiger partial charge in [0.2, 0.25) is 0 Å². The summed E-state index contributed by atoms with van der Waals surface area (Å²) in [4.78, 5) is 28.4. The van der Waals surface area contributed by atoms with Crippen LogP contribution in [0.4, 0.5) is 5.00 Å². The number of carbonyl (C=O) groups excluding carboxylic acids is 2. The van der Waals surface area contributed by atoms with Crippen LogP contribution in [0, 0.1) is 5.41 Å². The van der Waals surface area contributed by atoms with Gasteiger partial charge < -0.3 is 14.4 Å². The first-order valence-corrected chi connectivity index (χ1v) is 11.0. The van der Waals surface area contributed by atoms with Gasteiger partial charge in [-0.25, -0.2) is 4.79 Å². The first-order chi connectivity index (χ1) is 13.9. The van der Waals surface area contributed by atoms with Gasteiger partial charge in [0.15, 0.2) is 5.78 Å². The second kappa shape index (κ2) is 7.92. The second-order valence-electron chi connectivity index (χ2n) is 8.43. The topological polar surface area (TPSA) is 55.8 Å². The summed E-state index contributed by atoms with van der Waals surface area (Å²) in [5, 5.41) is 1.12. The number of nitrogens with zero attached hydrogens (tertiary/aromatic N) is 1. The Bertz CT molecular complexity index is 940. The molecule has 1 aliphatic heterocycles. The van der Waals surface area contributed by atoms with Crippen molar-refractivity contribution < 1.29 is 19.1 Å². The molecule has 2 heterocycles. The Kier molecular flexibility index (Phi) is 5.49. The van der Waals surface area contributed by atoms with Crippen molar-refractivity contribution in [2.75, 3.05) is 37.8 Å². The summed E-state index contributed by atoms with van der Waals surface area (Å²) in [7, 11) is 0. The third kappa shape index (κ3) is 3.96. The summed E-state index contributed by atoms with van der Waals surface area (Å²) in [6, 6.07) is 7.60. The summed E-state index contributed by atoms with van der Waals surface area (Å²) in [6.45, 7) is 9.44. The Morgan fingerprint density at radius 3 is 2.72 bits per heavy atom. The molecule has 29 heavy (non-hydrogen) atoms. The monoisotopic (exact) mass is 413 g/mol. The summed E-state index contributed by atoms with van der Waals surface area (Å²) in [5.41, 5.74) is 3.66. The number of ketones is 1. The Morgan fingerprint density at radius 1 is 1.24 bits per heavy atom. The van der Waals surface area contributed by atoms with Crippen LogP contribution in [0.5, 0.6) is 0 Å². The van der Waals surface area contributed by atoms with Gasteiger partial charge in [-0.1, -0.05) is 26.0 Å². The highest BCUT2D eigenvalue weighted by atomic mass is 32.1. The molecule has 5 nitrogen and oxygen atoms in total. The Hall–Kier alpha value is -2.18. The van der Waals surface area contributed by atoms with Crippen LogP contribution < -0.4 is 4.90 Å². The van der Waals surface area contributed by atoms with Gasteiger partial charge in [0.25, 0.3) is 0 Å². The quantitative estimate of drug-likeness (QED) is 0.687. The van der Waals surface area contributed by atoms with Crippen LogP contribution in [0.25, 0.3) is 11.1 Å². The van der Waals surface area contributed by atoms with E-state index in [9.17, 15) is 9.59 Å². The molecule has 1 aromatic heterocycles. The minimum atomic E-state index is -0.317. The molecule has 0 spiro atoms. The van der Waals surface area contributed by atoms with Crippen LogP contribution in [0.1, 0.15) is 52.8 Å². The number of thiophene rings is 1. The Morgan fingerprint density at radius 2 is 2.00 bits per heavy atom. The molecule has 6 heteroatoms. The van der Waals surface area contributed by atoms with Crippen molar-refractivity contribution in [3.8, 4) is 11.1 Å². The molecule has 0 amide bonds. The predicted molar refractivity (Wildman–Crippen MR) is 115 cm³/mol. The minimum absolute atomic E-state index is 0.0685. The van der Waals surface area contributed by atoms with E-state index in [0.29, 0.717) is 31.8 Å². The minimum Gasteiger partial charge on any atom is -0.462 e. The van der Waals surface area contributed by atoms with Gasteiger partial charge in [-0.2, -0.15) is 0 Å². The van der Waals surface area contributed by atoms with E-state index in [1.165, 1.54) is 0 Å². The molecule has 0 bridgehead atoms. The van der Waals surface area contributed by atoms with Crippen molar-refractivity contribution in [3.63, 3.8) is 0 Å². The number of carbonyl (C=O) groups is 2. The highest BCUT2D eigenvalue weighted by Crippen LogP contribution is 2.49. The van der Waals surface area contributed by atoms with Crippen LogP contribution in [-0.2, 0) is 15.9 Å². The predicted octanol–water partition coefficient (Wildman–Crippen LogP) is 4.58. The zero-order valence-electron chi connectivity index (χ0n) is 17.2. The number of ether oxygens (including phenoxy) is 2. The van der Waals surface area contributed by atoms with Gasteiger partial charge in [0.1, 0.15) is 0 Å². The number of hydrogen-bond acceptors (Lipinski definition) is 6. The van der Waals surface area contributed by atoms with Gasteiger partial charge in [0, 0.05) is 25.1 Å². The highest BCUT2D eigenvalue weighted by Gasteiger charge is 2.37. The van der Waals surface area contributed by atoms with E-state index in [1.54, 1.807) is 24.3 Å². The molecule has 1 fully saturated rings. The van der Waals surface area contributed by atoms with Crippen molar-refractivity contribution in [3.05, 3.63) is 40.3 Å². The average molecular weight is 414 g/mol. The molecular formula is C23H27NO4S. The number of anilines is 1. The smallest absolute Gasteiger partial charge is 0.338 e. The SMILES string of the molecule is CCOC(=O)c1cccc(-c2c(N3CCOCC3)sc3c2CC(C)(C)CC3=O)c1. The molecular weight excluding hydrogens is 386 g/mol. The van der Waals surface area contributed by atoms with E-state index in [1.807, 2.05) is 18.2 Å². The van der Waals surface area contributed by atoms with E-state index in [0.717, 1.165) is 46.1 Å². The van der Waals surface area contributed by atoms with Crippen LogP contribution in [0.3, 0.4) is 0 Å². The first-order valence-electron chi connectivity index (χ1n) is 10.2. The Labute approximate surface area is 175 Å². The maximum absolute atomic E-state index is 12.9. The number of fused-ring (bicyclic) bond motifs is 1. The number of esters is 1. The number of benzene rings is 1. The number of rotatable bonds is 4. The number of hydrogen-bond donors (Lipinski definition) is 0. The largest absolute Gasteiger partial charge is 0.462 e. The van der Waals surface area contributed by atoms with E-state index in [2.05, 4.69) is 18.7 Å². The average Bonchev–Trinajstić information content (AvgIpc) is 3.07. The maximum Gasteiger partial charge on any atom is 0.338 e. The molecule has 4 rings (SSSR count). The normalized spacial score (nSPS) is 18.4. The lowest BCUT2D eigenvalue weighted by molar-refractivity contribution is 0.0526. The van der Waals surface area contributed by atoms with E-state index >= 15 is 0 Å². The van der Waals surface area contributed by atoms with Crippen molar-refractivity contribution in [2.24, 2.45) is 5.41 Å². The van der Waals surface area contributed by atoms with Crippen LogP contribution in [0.15, 0.2) is 24.3 Å². The third-order valence-corrected chi connectivity index (χ3v) is 6.83. The molecule has 0 unspecified atom stereocenters. The van der Waals surface area contributed by atoms with E-state index in [4.69, 9.17) is 9.47 Å². The first kappa shape index (κ1) is 20.1. The fourth-order valence-corrected chi connectivity index (χ4v) is 5.54. The van der Waals surface area contributed by atoms with E-state index < -0.39 is 0 Å². The second-order valence-corrected chi connectivity index (χ2v) is 9.43. The zero-order chi connectivity index (χ0) is 20.6.